The topological polar surface area (TPSA) is 35.6 Å². The maximum atomic E-state index is 4.74. The van der Waals surface area contributed by atoms with Gasteiger partial charge in [0, 0.05) is 32.8 Å². The van der Waals surface area contributed by atoms with Crippen LogP contribution in [0.2, 0.25) is 0 Å². The minimum atomic E-state index is 0.724. The second-order valence-electron chi connectivity index (χ2n) is 9.53. The van der Waals surface area contributed by atoms with Gasteiger partial charge in [-0.3, -0.25) is 0 Å². The quantitative estimate of drug-likeness (QED) is 0.252. The van der Waals surface area contributed by atoms with Gasteiger partial charge in [0.1, 0.15) is 0 Å². The lowest BCUT2D eigenvalue weighted by Gasteiger charge is -2.10. The van der Waals surface area contributed by atoms with E-state index >= 15 is 0 Å². The molecule has 3 heterocycles. The standard InChI is InChI=1S/C34H22N4/c1-3-11-23(12-4-1)34-35-21-25(22-36-34)37-30-18-10-8-16-28(30)32-31(37)20-19-27-26-15-7-9-17-29(26)38(33(27)32)24-13-5-2-6-14-24/h1-22H. The molecule has 3 aromatic heterocycles. The van der Waals surface area contributed by atoms with E-state index in [-0.39, 0.29) is 0 Å². The molecule has 0 N–H and O–H groups in total. The smallest absolute Gasteiger partial charge is 0.159 e. The molecule has 0 spiro atoms. The van der Waals surface area contributed by atoms with E-state index < -0.39 is 0 Å². The van der Waals surface area contributed by atoms with Crippen molar-refractivity contribution in [2.45, 2.75) is 0 Å². The summed E-state index contributed by atoms with van der Waals surface area (Å²) in [4.78, 5) is 9.49. The zero-order valence-corrected chi connectivity index (χ0v) is 20.5. The molecule has 0 fully saturated rings. The fraction of sp³-hybridized carbons (Fsp3) is 0. The van der Waals surface area contributed by atoms with Crippen molar-refractivity contribution >= 4 is 43.6 Å². The molecular weight excluding hydrogens is 464 g/mol. The molecule has 0 atom stereocenters. The molecule has 0 amide bonds. The number of benzene rings is 5. The second-order valence-corrected chi connectivity index (χ2v) is 9.53. The number of hydrogen-bond donors (Lipinski definition) is 0. The third-order valence-corrected chi connectivity index (χ3v) is 7.41. The molecule has 0 radical (unpaired) electrons. The van der Waals surface area contributed by atoms with E-state index in [1.165, 1.54) is 32.6 Å². The molecule has 0 saturated carbocycles. The number of aromatic nitrogens is 4. The van der Waals surface area contributed by atoms with E-state index in [2.05, 4.69) is 100 Å². The Morgan fingerprint density at radius 3 is 1.76 bits per heavy atom. The van der Waals surface area contributed by atoms with Crippen LogP contribution in [0.3, 0.4) is 0 Å². The minimum absolute atomic E-state index is 0.724. The van der Waals surface area contributed by atoms with Crippen molar-refractivity contribution < 1.29 is 0 Å². The Morgan fingerprint density at radius 1 is 0.421 bits per heavy atom. The fourth-order valence-corrected chi connectivity index (χ4v) is 5.81. The molecule has 0 bridgehead atoms. The van der Waals surface area contributed by atoms with Crippen molar-refractivity contribution in [3.05, 3.63) is 134 Å². The third kappa shape index (κ3) is 2.98. The fourth-order valence-electron chi connectivity index (χ4n) is 5.81. The van der Waals surface area contributed by atoms with Crippen molar-refractivity contribution in [3.8, 4) is 22.8 Å². The Kier molecular flexibility index (Phi) is 4.49. The van der Waals surface area contributed by atoms with Gasteiger partial charge in [0.15, 0.2) is 5.82 Å². The van der Waals surface area contributed by atoms with Gasteiger partial charge in [0.2, 0.25) is 0 Å². The summed E-state index contributed by atoms with van der Waals surface area (Å²) in [6, 6.07) is 42.5. The average Bonchev–Trinajstić information content (AvgIpc) is 3.51. The maximum Gasteiger partial charge on any atom is 0.159 e. The first kappa shape index (κ1) is 20.9. The van der Waals surface area contributed by atoms with Gasteiger partial charge in [-0.05, 0) is 30.3 Å². The predicted molar refractivity (Wildman–Crippen MR) is 156 cm³/mol. The van der Waals surface area contributed by atoms with Gasteiger partial charge in [-0.25, -0.2) is 9.97 Å². The van der Waals surface area contributed by atoms with Crippen molar-refractivity contribution in [2.24, 2.45) is 0 Å². The van der Waals surface area contributed by atoms with Crippen molar-refractivity contribution in [2.75, 3.05) is 0 Å². The summed E-state index contributed by atoms with van der Waals surface area (Å²) in [7, 11) is 0. The van der Waals surface area contributed by atoms with Crippen molar-refractivity contribution in [1.82, 2.24) is 19.1 Å². The maximum absolute atomic E-state index is 4.74. The van der Waals surface area contributed by atoms with Gasteiger partial charge in [-0.15, -0.1) is 0 Å². The largest absolute Gasteiger partial charge is 0.309 e. The van der Waals surface area contributed by atoms with Gasteiger partial charge < -0.3 is 9.13 Å². The Bertz CT molecular complexity index is 2100. The molecule has 0 aliphatic carbocycles. The summed E-state index contributed by atoms with van der Waals surface area (Å²) in [5.74, 6) is 0.724. The molecule has 4 heteroatoms. The summed E-state index contributed by atoms with van der Waals surface area (Å²) in [6.45, 7) is 0. The van der Waals surface area contributed by atoms with E-state index in [4.69, 9.17) is 9.97 Å². The first-order valence-electron chi connectivity index (χ1n) is 12.8. The highest BCUT2D eigenvalue weighted by Crippen LogP contribution is 2.41. The van der Waals surface area contributed by atoms with Crippen LogP contribution in [0.5, 0.6) is 0 Å². The van der Waals surface area contributed by atoms with Crippen LogP contribution < -0.4 is 0 Å². The van der Waals surface area contributed by atoms with Gasteiger partial charge in [-0.1, -0.05) is 91.0 Å². The molecule has 0 aliphatic rings. The van der Waals surface area contributed by atoms with Crippen LogP contribution in [-0.4, -0.2) is 19.1 Å². The number of hydrogen-bond acceptors (Lipinski definition) is 2. The molecule has 4 nitrogen and oxygen atoms in total. The first-order chi connectivity index (χ1) is 18.9. The van der Waals surface area contributed by atoms with Crippen LogP contribution in [0, 0.1) is 0 Å². The van der Waals surface area contributed by atoms with E-state index in [0.29, 0.717) is 0 Å². The van der Waals surface area contributed by atoms with Crippen LogP contribution in [0.15, 0.2) is 134 Å². The summed E-state index contributed by atoms with van der Waals surface area (Å²) >= 11 is 0. The van der Waals surface area contributed by atoms with E-state index in [1.54, 1.807) is 0 Å². The molecule has 8 rings (SSSR count). The number of fused-ring (bicyclic) bond motifs is 7. The molecule has 178 valence electrons. The lowest BCUT2D eigenvalue weighted by atomic mass is 10.1. The Morgan fingerprint density at radius 2 is 1.03 bits per heavy atom. The number of para-hydroxylation sites is 3. The second kappa shape index (κ2) is 8.15. The molecule has 0 unspecified atom stereocenters. The zero-order chi connectivity index (χ0) is 25.1. The van der Waals surface area contributed by atoms with E-state index in [9.17, 15) is 0 Å². The highest BCUT2D eigenvalue weighted by molar-refractivity contribution is 6.26. The molecule has 5 aromatic carbocycles. The van der Waals surface area contributed by atoms with Crippen LogP contribution in [-0.2, 0) is 0 Å². The summed E-state index contributed by atoms with van der Waals surface area (Å²) < 4.78 is 4.69. The lowest BCUT2D eigenvalue weighted by molar-refractivity contribution is 1.08. The summed E-state index contributed by atoms with van der Waals surface area (Å²) in [5, 5.41) is 4.93. The van der Waals surface area contributed by atoms with Crippen LogP contribution in [0.4, 0.5) is 0 Å². The molecule has 0 aliphatic heterocycles. The Labute approximate surface area is 219 Å². The van der Waals surface area contributed by atoms with Gasteiger partial charge >= 0.3 is 0 Å². The average molecular weight is 487 g/mol. The minimum Gasteiger partial charge on any atom is -0.309 e. The van der Waals surface area contributed by atoms with E-state index in [1.807, 2.05) is 42.7 Å². The first-order valence-corrected chi connectivity index (χ1v) is 12.8. The Balaban J connectivity index is 1.48. The van der Waals surface area contributed by atoms with Crippen molar-refractivity contribution in [3.63, 3.8) is 0 Å². The summed E-state index contributed by atoms with van der Waals surface area (Å²) in [5.41, 5.74) is 7.79. The molecular formula is C34H22N4. The lowest BCUT2D eigenvalue weighted by Crippen LogP contribution is -1.98. The number of nitrogens with zero attached hydrogens (tertiary/aromatic N) is 4. The monoisotopic (exact) mass is 486 g/mol. The summed E-state index contributed by atoms with van der Waals surface area (Å²) in [6.07, 6.45) is 3.86. The zero-order valence-electron chi connectivity index (χ0n) is 20.5. The predicted octanol–water partition coefficient (Wildman–Crippen LogP) is 8.34. The van der Waals surface area contributed by atoms with Crippen LogP contribution in [0.1, 0.15) is 0 Å². The SMILES string of the molecule is c1ccc(-c2ncc(-n3c4ccccc4c4c3ccc3c5ccccc5n(-c5ccccc5)c34)cn2)cc1. The molecule has 38 heavy (non-hydrogen) atoms. The highest BCUT2D eigenvalue weighted by Gasteiger charge is 2.20. The third-order valence-electron chi connectivity index (χ3n) is 7.41. The normalized spacial score (nSPS) is 11.7. The van der Waals surface area contributed by atoms with Gasteiger partial charge in [-0.2, -0.15) is 0 Å². The van der Waals surface area contributed by atoms with Gasteiger partial charge in [0.25, 0.3) is 0 Å². The van der Waals surface area contributed by atoms with Crippen LogP contribution in [0.25, 0.3) is 66.4 Å². The van der Waals surface area contributed by atoms with Gasteiger partial charge in [0.05, 0.1) is 40.1 Å². The van der Waals surface area contributed by atoms with E-state index in [0.717, 1.165) is 33.8 Å². The highest BCUT2D eigenvalue weighted by atomic mass is 15.0. The Hall–Kier alpha value is -5.22. The van der Waals surface area contributed by atoms with Crippen LogP contribution >= 0.6 is 0 Å². The number of rotatable bonds is 3. The molecule has 0 saturated heterocycles. The molecule has 8 aromatic rings. The van der Waals surface area contributed by atoms with Crippen molar-refractivity contribution in [1.29, 1.82) is 0 Å².